The van der Waals surface area contributed by atoms with Gasteiger partial charge < -0.3 is 4.74 Å². The minimum atomic E-state index is -9.94. The molecule has 0 saturated carbocycles. The molecule has 0 saturated heterocycles. The van der Waals surface area contributed by atoms with Crippen molar-refractivity contribution in [1.29, 1.82) is 0 Å². The fourth-order valence-electron chi connectivity index (χ4n) is 3.37. The van der Waals surface area contributed by atoms with Crippen LogP contribution in [0.5, 0.6) is 11.5 Å². The number of benzene rings is 4. The summed E-state index contributed by atoms with van der Waals surface area (Å²) in [6, 6.07) is 24.8. The molecule has 0 aliphatic rings. The minimum absolute atomic E-state index is 0.0892. The number of ether oxygens (including phenoxy) is 1. The zero-order valence-corrected chi connectivity index (χ0v) is 20.1. The summed E-state index contributed by atoms with van der Waals surface area (Å²) in [6.45, 7) is -0.147. The smallest absolute Gasteiger partial charge is 0.310 e. The highest BCUT2D eigenvalue weighted by Gasteiger charge is 2.65. The van der Waals surface area contributed by atoms with Gasteiger partial charge in [-0.25, -0.2) is 8.42 Å². The largest absolute Gasteiger partial charge is 0.457 e. The predicted molar refractivity (Wildman–Crippen MR) is 131 cm³/mol. The van der Waals surface area contributed by atoms with Crippen LogP contribution in [-0.2, 0) is 16.6 Å². The monoisotopic (exact) mass is 541 g/mol. The molecular formula is C25H20F5NO3S2. The second kappa shape index (κ2) is 8.52. The van der Waals surface area contributed by atoms with Crippen LogP contribution in [0.1, 0.15) is 5.56 Å². The predicted octanol–water partition coefficient (Wildman–Crippen LogP) is 8.53. The molecule has 4 aromatic carbocycles. The van der Waals surface area contributed by atoms with Crippen LogP contribution in [0, 0.1) is 0 Å². The van der Waals surface area contributed by atoms with Crippen molar-refractivity contribution in [2.75, 3.05) is 4.31 Å². The number of para-hydroxylation sites is 1. The van der Waals surface area contributed by atoms with E-state index >= 15 is 0 Å². The van der Waals surface area contributed by atoms with E-state index in [1.807, 2.05) is 6.07 Å². The van der Waals surface area contributed by atoms with Crippen LogP contribution < -0.4 is 9.04 Å². The average molecular weight is 542 g/mol. The van der Waals surface area contributed by atoms with Gasteiger partial charge in [0.2, 0.25) is 0 Å². The van der Waals surface area contributed by atoms with E-state index in [1.54, 1.807) is 66.7 Å². The average Bonchev–Trinajstić information content (AvgIpc) is 2.83. The molecule has 0 heterocycles. The van der Waals surface area contributed by atoms with Crippen molar-refractivity contribution in [3.05, 3.63) is 115 Å². The highest BCUT2D eigenvalue weighted by Crippen LogP contribution is 3.02. The molecule has 36 heavy (non-hydrogen) atoms. The molecule has 190 valence electrons. The number of sulfonamides is 1. The molecule has 0 aromatic heterocycles. The Balaban J connectivity index is 1.70. The van der Waals surface area contributed by atoms with Gasteiger partial charge in [-0.2, -0.15) is 0 Å². The SMILES string of the molecule is O=S(=O)(c1ccc(S(F)(F)(F)(F)F)cc1)N(Cc1ccccc1)c1ccc(Oc2ccccc2)cc1. The van der Waals surface area contributed by atoms with Crippen LogP contribution in [-0.4, -0.2) is 8.42 Å². The molecule has 0 N–H and O–H groups in total. The number of hydrogen-bond donors (Lipinski definition) is 0. The Labute approximate surface area is 205 Å². The summed E-state index contributed by atoms with van der Waals surface area (Å²) in [5, 5.41) is 0. The van der Waals surface area contributed by atoms with Crippen LogP contribution in [0.15, 0.2) is 119 Å². The van der Waals surface area contributed by atoms with Crippen molar-refractivity contribution in [1.82, 2.24) is 0 Å². The van der Waals surface area contributed by atoms with Gasteiger partial charge in [-0.15, -0.1) is 0 Å². The van der Waals surface area contributed by atoms with Crippen molar-refractivity contribution < 1.29 is 32.6 Å². The number of nitrogens with zero attached hydrogens (tertiary/aromatic N) is 1. The molecule has 0 amide bonds. The first-order valence-electron chi connectivity index (χ1n) is 10.5. The summed E-state index contributed by atoms with van der Waals surface area (Å²) in [5.41, 5.74) is 0.811. The molecule has 0 aliphatic carbocycles. The van der Waals surface area contributed by atoms with E-state index in [9.17, 15) is 27.8 Å². The third-order valence-corrected chi connectivity index (χ3v) is 8.08. The summed E-state index contributed by atoms with van der Waals surface area (Å²) in [4.78, 5) is -2.72. The summed E-state index contributed by atoms with van der Waals surface area (Å²) in [7, 11) is -14.4. The first-order valence-corrected chi connectivity index (χ1v) is 13.9. The maximum absolute atomic E-state index is 13.5. The Kier molecular flexibility index (Phi) is 6.04. The lowest BCUT2D eigenvalue weighted by molar-refractivity contribution is 0.364. The lowest BCUT2D eigenvalue weighted by atomic mass is 10.2. The molecule has 11 heteroatoms. The molecule has 0 fully saturated rings. The van der Waals surface area contributed by atoms with E-state index in [2.05, 4.69) is 0 Å². The van der Waals surface area contributed by atoms with Gasteiger partial charge in [0.15, 0.2) is 0 Å². The van der Waals surface area contributed by atoms with Gasteiger partial charge in [0, 0.05) is 0 Å². The molecule has 0 radical (unpaired) electrons. The number of rotatable bonds is 8. The quantitative estimate of drug-likeness (QED) is 0.210. The molecule has 0 bridgehead atoms. The summed E-state index contributed by atoms with van der Waals surface area (Å²) >= 11 is 0. The molecular weight excluding hydrogens is 521 g/mol. The van der Waals surface area contributed by atoms with E-state index in [0.29, 0.717) is 29.2 Å². The van der Waals surface area contributed by atoms with Gasteiger partial charge >= 0.3 is 10.2 Å². The molecule has 0 aliphatic heterocycles. The maximum Gasteiger partial charge on any atom is 0.310 e. The zero-order chi connectivity index (χ0) is 26.1. The molecule has 0 spiro atoms. The molecule has 0 unspecified atom stereocenters. The lowest BCUT2D eigenvalue weighted by Gasteiger charge is -2.40. The maximum atomic E-state index is 13.5. The Hall–Kier alpha value is -3.57. The third-order valence-electron chi connectivity index (χ3n) is 5.13. The third kappa shape index (κ3) is 5.97. The summed E-state index contributed by atoms with van der Waals surface area (Å²) < 4.78 is 99.2. The van der Waals surface area contributed by atoms with Crippen molar-refractivity contribution in [3.63, 3.8) is 0 Å². The summed E-state index contributed by atoms with van der Waals surface area (Å²) in [6.07, 6.45) is 0. The number of halogens is 5. The Morgan fingerprint density at radius 1 is 0.639 bits per heavy atom. The zero-order valence-electron chi connectivity index (χ0n) is 18.5. The van der Waals surface area contributed by atoms with Gasteiger partial charge in [-0.05, 0) is 66.2 Å². The molecule has 4 rings (SSSR count). The second-order valence-corrected chi connectivity index (χ2v) is 12.1. The van der Waals surface area contributed by atoms with Gasteiger partial charge in [0.25, 0.3) is 10.0 Å². The highest BCUT2D eigenvalue weighted by atomic mass is 32.5. The first kappa shape index (κ1) is 25.5. The van der Waals surface area contributed by atoms with Gasteiger partial charge in [-0.1, -0.05) is 68.0 Å². The van der Waals surface area contributed by atoms with Gasteiger partial charge in [0.05, 0.1) is 17.1 Å². The minimum Gasteiger partial charge on any atom is -0.457 e. The second-order valence-electron chi connectivity index (χ2n) is 7.85. The van der Waals surface area contributed by atoms with E-state index in [4.69, 9.17) is 4.74 Å². The van der Waals surface area contributed by atoms with E-state index < -0.39 is 30.0 Å². The fraction of sp³-hybridized carbons (Fsp3) is 0.0400. The standard InChI is InChI=1S/C25H20F5NO3S2/c26-36(27,28,29,30)25-17-15-24(16-18-25)35(32,33)31(19-20-7-3-1-4-8-20)21-11-13-23(14-12-21)34-22-9-5-2-6-10-22/h1-18H,19H2. The topological polar surface area (TPSA) is 46.6 Å². The van der Waals surface area contributed by atoms with E-state index in [1.165, 1.54) is 12.1 Å². The van der Waals surface area contributed by atoms with E-state index in [0.717, 1.165) is 4.31 Å². The summed E-state index contributed by atoms with van der Waals surface area (Å²) in [5.74, 6) is 1.00. The number of anilines is 1. The van der Waals surface area contributed by atoms with E-state index in [-0.39, 0.29) is 24.4 Å². The van der Waals surface area contributed by atoms with Crippen molar-refractivity contribution in [2.45, 2.75) is 16.3 Å². The van der Waals surface area contributed by atoms with Crippen LogP contribution >= 0.6 is 10.2 Å². The van der Waals surface area contributed by atoms with Crippen LogP contribution in [0.4, 0.5) is 25.1 Å². The lowest BCUT2D eigenvalue weighted by Crippen LogP contribution is -2.30. The number of hydrogen-bond acceptors (Lipinski definition) is 3. The van der Waals surface area contributed by atoms with Gasteiger partial charge in [-0.3, -0.25) is 4.31 Å². The fourth-order valence-corrected chi connectivity index (χ4v) is 5.47. The molecule has 0 atom stereocenters. The van der Waals surface area contributed by atoms with Gasteiger partial charge in [0.1, 0.15) is 16.4 Å². The molecule has 4 aromatic rings. The Bertz CT molecular complexity index is 1450. The van der Waals surface area contributed by atoms with Crippen LogP contribution in [0.2, 0.25) is 0 Å². The highest BCUT2D eigenvalue weighted by molar-refractivity contribution is 8.45. The van der Waals surface area contributed by atoms with Crippen LogP contribution in [0.3, 0.4) is 0 Å². The normalized spacial score (nSPS) is 13.9. The van der Waals surface area contributed by atoms with Crippen LogP contribution in [0.25, 0.3) is 0 Å². The molecule has 4 nitrogen and oxygen atoms in total. The van der Waals surface area contributed by atoms with Crippen molar-refractivity contribution in [2.24, 2.45) is 0 Å². The Morgan fingerprint density at radius 2 is 1.14 bits per heavy atom. The first-order chi connectivity index (χ1) is 16.7. The van der Waals surface area contributed by atoms with Crippen molar-refractivity contribution >= 4 is 25.9 Å². The van der Waals surface area contributed by atoms with Crippen molar-refractivity contribution in [3.8, 4) is 11.5 Å². The Morgan fingerprint density at radius 3 is 1.67 bits per heavy atom.